The van der Waals surface area contributed by atoms with Gasteiger partial charge >= 0.3 is 5.97 Å². The van der Waals surface area contributed by atoms with Crippen LogP contribution in [0.25, 0.3) is 0 Å². The molecule has 0 aromatic heterocycles. The van der Waals surface area contributed by atoms with Crippen LogP contribution in [0.15, 0.2) is 30.3 Å². The molecule has 0 saturated heterocycles. The number of carbonyl (C=O) groups is 3. The molecule has 3 rings (SSSR count). The molecular formula is C20H19FN2O4. The molecule has 6 nitrogen and oxygen atoms in total. The molecule has 0 spiro atoms. The molecule has 0 atom stereocenters. The van der Waals surface area contributed by atoms with Crippen LogP contribution in [0.3, 0.4) is 0 Å². The van der Waals surface area contributed by atoms with Gasteiger partial charge in [0.2, 0.25) is 5.91 Å². The largest absolute Gasteiger partial charge is 0.478 e. The molecule has 0 fully saturated rings. The van der Waals surface area contributed by atoms with Crippen LogP contribution in [0.5, 0.6) is 0 Å². The Hall–Kier alpha value is -3.22. The summed E-state index contributed by atoms with van der Waals surface area (Å²) in [7, 11) is 0. The van der Waals surface area contributed by atoms with E-state index in [2.05, 4.69) is 5.32 Å². The summed E-state index contributed by atoms with van der Waals surface area (Å²) in [6.07, 6.45) is 0.248. The summed E-state index contributed by atoms with van der Waals surface area (Å²) in [6.45, 7) is 3.52. The number of aryl methyl sites for hydroxylation is 1. The number of rotatable bonds is 3. The van der Waals surface area contributed by atoms with Crippen LogP contribution in [0, 0.1) is 12.7 Å². The number of anilines is 1. The first-order chi connectivity index (χ1) is 12.8. The minimum absolute atomic E-state index is 0.00624. The van der Waals surface area contributed by atoms with Gasteiger partial charge in [0, 0.05) is 31.3 Å². The van der Waals surface area contributed by atoms with Crippen molar-refractivity contribution < 1.29 is 23.9 Å². The van der Waals surface area contributed by atoms with Gasteiger partial charge in [-0.15, -0.1) is 0 Å². The number of fused-ring (bicyclic) bond motifs is 1. The number of carboxylic acids is 1. The first-order valence-corrected chi connectivity index (χ1v) is 8.49. The van der Waals surface area contributed by atoms with E-state index in [1.54, 1.807) is 18.2 Å². The molecule has 0 unspecified atom stereocenters. The lowest BCUT2D eigenvalue weighted by atomic mass is 9.93. The van der Waals surface area contributed by atoms with E-state index in [1.807, 2.05) is 6.92 Å². The second kappa shape index (κ2) is 7.19. The summed E-state index contributed by atoms with van der Waals surface area (Å²) < 4.78 is 14.0. The summed E-state index contributed by atoms with van der Waals surface area (Å²) in [6, 6.07) is 7.36. The predicted octanol–water partition coefficient (Wildman–Crippen LogP) is 2.99. The molecule has 1 aliphatic heterocycles. The summed E-state index contributed by atoms with van der Waals surface area (Å²) in [5.74, 6) is -2.14. The van der Waals surface area contributed by atoms with Crippen molar-refractivity contribution in [1.29, 1.82) is 0 Å². The van der Waals surface area contributed by atoms with Gasteiger partial charge in [0.05, 0.1) is 5.56 Å². The zero-order chi connectivity index (χ0) is 19.7. The van der Waals surface area contributed by atoms with Gasteiger partial charge in [0.25, 0.3) is 5.91 Å². The van der Waals surface area contributed by atoms with E-state index in [4.69, 9.17) is 0 Å². The number of nitrogens with zero attached hydrogens (tertiary/aromatic N) is 1. The number of benzene rings is 2. The van der Waals surface area contributed by atoms with Crippen molar-refractivity contribution >= 4 is 23.5 Å². The van der Waals surface area contributed by atoms with Crippen LogP contribution in [0.2, 0.25) is 0 Å². The Labute approximate surface area is 155 Å². The van der Waals surface area contributed by atoms with Crippen molar-refractivity contribution in [2.75, 3.05) is 11.9 Å². The van der Waals surface area contributed by atoms with Crippen molar-refractivity contribution in [3.63, 3.8) is 0 Å². The highest BCUT2D eigenvalue weighted by molar-refractivity contribution is 5.98. The van der Waals surface area contributed by atoms with E-state index in [9.17, 15) is 23.9 Å². The molecule has 0 radical (unpaired) electrons. The number of aromatic carboxylic acids is 1. The second-order valence-electron chi connectivity index (χ2n) is 6.54. The minimum Gasteiger partial charge on any atom is -0.478 e. The third-order valence-corrected chi connectivity index (χ3v) is 4.67. The van der Waals surface area contributed by atoms with E-state index < -0.39 is 11.8 Å². The lowest BCUT2D eigenvalue weighted by molar-refractivity contribution is -0.114. The first-order valence-electron chi connectivity index (χ1n) is 8.49. The smallest absolute Gasteiger partial charge is 0.336 e. The van der Waals surface area contributed by atoms with E-state index in [-0.39, 0.29) is 36.9 Å². The number of nitrogens with one attached hydrogen (secondary N) is 1. The average molecular weight is 370 g/mol. The van der Waals surface area contributed by atoms with E-state index in [0.29, 0.717) is 22.4 Å². The maximum absolute atomic E-state index is 14.0. The summed E-state index contributed by atoms with van der Waals surface area (Å²) in [5.41, 5.74) is 2.43. The van der Waals surface area contributed by atoms with Crippen LogP contribution in [0.4, 0.5) is 10.1 Å². The quantitative estimate of drug-likeness (QED) is 0.870. The number of hydrogen-bond donors (Lipinski definition) is 2. The molecule has 1 aliphatic rings. The molecule has 2 amide bonds. The van der Waals surface area contributed by atoms with Gasteiger partial charge in [-0.1, -0.05) is 6.07 Å². The molecule has 2 aromatic rings. The molecule has 0 saturated carbocycles. The third-order valence-electron chi connectivity index (χ3n) is 4.67. The Kier molecular flexibility index (Phi) is 4.94. The Morgan fingerprint density at radius 1 is 1.15 bits per heavy atom. The highest BCUT2D eigenvalue weighted by Gasteiger charge is 2.27. The van der Waals surface area contributed by atoms with Gasteiger partial charge in [0.1, 0.15) is 5.82 Å². The second-order valence-corrected chi connectivity index (χ2v) is 6.54. The molecule has 0 bridgehead atoms. The molecule has 7 heteroatoms. The Morgan fingerprint density at radius 2 is 1.89 bits per heavy atom. The van der Waals surface area contributed by atoms with E-state index >= 15 is 0 Å². The van der Waals surface area contributed by atoms with Crippen molar-refractivity contribution in [3.05, 3.63) is 64.0 Å². The number of amides is 2. The summed E-state index contributed by atoms with van der Waals surface area (Å²) >= 11 is 0. The van der Waals surface area contributed by atoms with Gasteiger partial charge < -0.3 is 15.3 Å². The zero-order valence-corrected chi connectivity index (χ0v) is 15.0. The standard InChI is InChI=1S/C20H19FN2O4/c1-11-3-4-13(9-18(11)22-12(2)24)19(25)23-8-7-14-16(10-23)15(20(26)27)5-6-17(14)21/h3-6,9H,7-8,10H2,1-2H3,(H,22,24)(H,26,27). The number of carboxylic acid groups (broad SMARTS) is 1. The topological polar surface area (TPSA) is 86.7 Å². The van der Waals surface area contributed by atoms with Crippen molar-refractivity contribution in [2.45, 2.75) is 26.8 Å². The zero-order valence-electron chi connectivity index (χ0n) is 15.0. The van der Waals surface area contributed by atoms with Gasteiger partial charge in [-0.2, -0.15) is 0 Å². The number of carbonyl (C=O) groups excluding carboxylic acids is 2. The average Bonchev–Trinajstić information content (AvgIpc) is 2.62. The van der Waals surface area contributed by atoms with E-state index in [0.717, 1.165) is 11.6 Å². The Bertz CT molecular complexity index is 955. The van der Waals surface area contributed by atoms with Crippen LogP contribution in [0.1, 0.15) is 44.3 Å². The number of halogens is 1. The van der Waals surface area contributed by atoms with E-state index in [1.165, 1.54) is 17.9 Å². The van der Waals surface area contributed by atoms with Gasteiger partial charge in [-0.3, -0.25) is 9.59 Å². The van der Waals surface area contributed by atoms with Crippen LogP contribution in [-0.4, -0.2) is 34.3 Å². The predicted molar refractivity (Wildman–Crippen MR) is 97.3 cm³/mol. The summed E-state index contributed by atoms with van der Waals surface area (Å²) in [4.78, 5) is 37.2. The highest BCUT2D eigenvalue weighted by Crippen LogP contribution is 2.27. The SMILES string of the molecule is CC(=O)Nc1cc(C(=O)N2CCc3c(F)ccc(C(=O)O)c3C2)ccc1C. The fourth-order valence-corrected chi connectivity index (χ4v) is 3.27. The molecule has 2 N–H and O–H groups in total. The minimum atomic E-state index is -1.15. The fraction of sp³-hybridized carbons (Fsp3) is 0.250. The Morgan fingerprint density at radius 3 is 2.56 bits per heavy atom. The van der Waals surface area contributed by atoms with Crippen LogP contribution < -0.4 is 5.32 Å². The molecular weight excluding hydrogens is 351 g/mol. The lowest BCUT2D eigenvalue weighted by Gasteiger charge is -2.30. The number of hydrogen-bond acceptors (Lipinski definition) is 3. The van der Waals surface area contributed by atoms with Crippen molar-refractivity contribution in [2.24, 2.45) is 0 Å². The normalized spacial score (nSPS) is 13.1. The monoisotopic (exact) mass is 370 g/mol. The molecule has 140 valence electrons. The first kappa shape index (κ1) is 18.6. The van der Waals surface area contributed by atoms with Crippen molar-refractivity contribution in [1.82, 2.24) is 4.90 Å². The lowest BCUT2D eigenvalue weighted by Crippen LogP contribution is -2.37. The Balaban J connectivity index is 1.91. The van der Waals surface area contributed by atoms with Gasteiger partial charge in [-0.25, -0.2) is 9.18 Å². The molecule has 1 heterocycles. The van der Waals surface area contributed by atoms with Crippen LogP contribution >= 0.6 is 0 Å². The van der Waals surface area contributed by atoms with Gasteiger partial charge in [-0.05, 0) is 54.3 Å². The van der Waals surface area contributed by atoms with Crippen LogP contribution in [-0.2, 0) is 17.8 Å². The summed E-state index contributed by atoms with van der Waals surface area (Å²) in [5, 5.41) is 12.0. The maximum Gasteiger partial charge on any atom is 0.336 e. The maximum atomic E-state index is 14.0. The third kappa shape index (κ3) is 3.67. The molecule has 0 aliphatic carbocycles. The highest BCUT2D eigenvalue weighted by atomic mass is 19.1. The van der Waals surface area contributed by atoms with Crippen molar-refractivity contribution in [3.8, 4) is 0 Å². The molecule has 2 aromatic carbocycles. The van der Waals surface area contributed by atoms with Gasteiger partial charge in [0.15, 0.2) is 0 Å². The fourth-order valence-electron chi connectivity index (χ4n) is 3.27. The molecule has 27 heavy (non-hydrogen) atoms.